The summed E-state index contributed by atoms with van der Waals surface area (Å²) in [6.07, 6.45) is 5.23. The largest absolute Gasteiger partial charge is 0.461 e. The van der Waals surface area contributed by atoms with Crippen LogP contribution in [0.5, 0.6) is 0 Å². The predicted octanol–water partition coefficient (Wildman–Crippen LogP) is 4.29. The van der Waals surface area contributed by atoms with Gasteiger partial charge < -0.3 is 9.32 Å². The Bertz CT molecular complexity index is 1340. The van der Waals surface area contributed by atoms with Crippen molar-refractivity contribution in [3.05, 3.63) is 95.1 Å². The van der Waals surface area contributed by atoms with Gasteiger partial charge in [0.1, 0.15) is 6.04 Å². The predicted molar refractivity (Wildman–Crippen MR) is 122 cm³/mol. The van der Waals surface area contributed by atoms with Crippen LogP contribution in [0.3, 0.4) is 0 Å². The molecule has 0 aliphatic carbocycles. The van der Waals surface area contributed by atoms with Crippen molar-refractivity contribution < 1.29 is 18.8 Å². The number of anilines is 1. The molecule has 0 saturated carbocycles. The van der Waals surface area contributed by atoms with E-state index < -0.39 is 23.9 Å². The van der Waals surface area contributed by atoms with Gasteiger partial charge in [0.05, 0.1) is 29.8 Å². The zero-order chi connectivity index (χ0) is 22.9. The number of carbonyl (C=O) groups is 3. The molecule has 3 aliphatic rings. The Balaban J connectivity index is 1.51. The molecule has 1 aromatic heterocycles. The minimum Gasteiger partial charge on any atom is -0.461 e. The molecule has 0 radical (unpaired) electrons. The Hall–Kier alpha value is -3.93. The van der Waals surface area contributed by atoms with Gasteiger partial charge in [0.2, 0.25) is 17.6 Å². The summed E-state index contributed by atoms with van der Waals surface area (Å²) >= 11 is 0. The number of hydrogen-bond acceptors (Lipinski definition) is 5. The Morgan fingerprint density at radius 3 is 2.48 bits per heavy atom. The van der Waals surface area contributed by atoms with Gasteiger partial charge >= 0.3 is 0 Å². The van der Waals surface area contributed by atoms with Gasteiger partial charge in [-0.1, -0.05) is 42.0 Å². The molecule has 6 rings (SSSR count). The zero-order valence-corrected chi connectivity index (χ0v) is 18.3. The second-order valence-electron chi connectivity index (χ2n) is 8.98. The summed E-state index contributed by atoms with van der Waals surface area (Å²) in [6.45, 7) is 3.87. The topological polar surface area (TPSA) is 70.8 Å². The third-order valence-corrected chi connectivity index (χ3v) is 7.09. The number of amides is 2. The molecule has 164 valence electrons. The lowest BCUT2D eigenvalue weighted by atomic mass is 9.84. The third kappa shape index (κ3) is 2.70. The SMILES string of the molecule is Cc1ccc(N2C(=O)[C@@H]3[C@H](C2=O)[C@@H]2c4ccccc4C=CN2[C@@H]3C(=O)c2ccco2)c(C)c1. The summed E-state index contributed by atoms with van der Waals surface area (Å²) in [5, 5.41) is 0. The van der Waals surface area contributed by atoms with Crippen molar-refractivity contribution in [2.45, 2.75) is 25.9 Å². The summed E-state index contributed by atoms with van der Waals surface area (Å²) in [6, 6.07) is 15.6. The molecule has 3 aromatic rings. The highest BCUT2D eigenvalue weighted by Gasteiger charge is 2.64. The molecule has 2 saturated heterocycles. The highest BCUT2D eigenvalue weighted by Crippen LogP contribution is 2.53. The monoisotopic (exact) mass is 438 g/mol. The van der Waals surface area contributed by atoms with Crippen LogP contribution in [0, 0.1) is 25.7 Å². The van der Waals surface area contributed by atoms with E-state index in [1.54, 1.807) is 12.1 Å². The number of carbonyl (C=O) groups excluding carboxylic acids is 3. The molecular weight excluding hydrogens is 416 g/mol. The fourth-order valence-corrected chi connectivity index (χ4v) is 5.72. The normalized spacial score (nSPS) is 25.3. The van der Waals surface area contributed by atoms with Crippen LogP contribution >= 0.6 is 0 Å². The number of aryl methyl sites for hydroxylation is 2. The van der Waals surface area contributed by atoms with Gasteiger partial charge in [-0.05, 0) is 54.8 Å². The molecule has 0 bridgehead atoms. The highest BCUT2D eigenvalue weighted by atomic mass is 16.3. The molecular formula is C27H22N2O4. The maximum absolute atomic E-state index is 13.9. The molecule has 2 aromatic carbocycles. The number of hydrogen-bond donors (Lipinski definition) is 0. The van der Waals surface area contributed by atoms with Crippen molar-refractivity contribution in [3.63, 3.8) is 0 Å². The number of nitrogens with zero attached hydrogens (tertiary/aromatic N) is 2. The number of benzene rings is 2. The average molecular weight is 438 g/mol. The molecule has 4 heterocycles. The lowest BCUT2D eigenvalue weighted by molar-refractivity contribution is -0.123. The Kier molecular flexibility index (Phi) is 4.21. The van der Waals surface area contributed by atoms with Crippen molar-refractivity contribution >= 4 is 29.4 Å². The minimum atomic E-state index is -0.817. The highest BCUT2D eigenvalue weighted by molar-refractivity contribution is 6.24. The molecule has 6 nitrogen and oxygen atoms in total. The number of ketones is 1. The van der Waals surface area contributed by atoms with E-state index in [1.807, 2.05) is 73.5 Å². The summed E-state index contributed by atoms with van der Waals surface area (Å²) in [5.74, 6) is -2.14. The third-order valence-electron chi connectivity index (χ3n) is 7.09. The van der Waals surface area contributed by atoms with E-state index >= 15 is 0 Å². The van der Waals surface area contributed by atoms with E-state index in [-0.39, 0.29) is 23.4 Å². The van der Waals surface area contributed by atoms with E-state index in [0.29, 0.717) is 5.69 Å². The maximum atomic E-state index is 13.9. The smallest absolute Gasteiger partial charge is 0.240 e. The molecule has 3 aliphatic heterocycles. The molecule has 0 spiro atoms. The van der Waals surface area contributed by atoms with E-state index in [0.717, 1.165) is 22.3 Å². The Labute approximate surface area is 191 Å². The van der Waals surface area contributed by atoms with Gasteiger partial charge in [0, 0.05) is 6.20 Å². The van der Waals surface area contributed by atoms with Gasteiger partial charge in [0.15, 0.2) is 5.76 Å². The fraction of sp³-hybridized carbons (Fsp3) is 0.222. The maximum Gasteiger partial charge on any atom is 0.240 e. The first-order valence-electron chi connectivity index (χ1n) is 11.0. The van der Waals surface area contributed by atoms with Crippen molar-refractivity contribution in [2.75, 3.05) is 4.90 Å². The molecule has 33 heavy (non-hydrogen) atoms. The summed E-state index contributed by atoms with van der Waals surface area (Å²) in [4.78, 5) is 44.5. The lowest BCUT2D eigenvalue weighted by Crippen LogP contribution is -2.44. The van der Waals surface area contributed by atoms with Crippen LogP contribution in [0.4, 0.5) is 5.69 Å². The number of furan rings is 1. The van der Waals surface area contributed by atoms with Gasteiger partial charge in [-0.2, -0.15) is 0 Å². The van der Waals surface area contributed by atoms with Gasteiger partial charge in [0.25, 0.3) is 0 Å². The standard InChI is InChI=1S/C27H22N2O4/c1-15-9-10-19(16(2)14-15)29-26(31)21-22(27(29)32)24(25(30)20-8-5-13-33-20)28-12-11-17-6-3-4-7-18(17)23(21)28/h3-14,21-24H,1-2H3/t21-,22+,23-,24-/m0/s1. The molecule has 6 heteroatoms. The molecule has 2 amide bonds. The lowest BCUT2D eigenvalue weighted by Gasteiger charge is -2.35. The zero-order valence-electron chi connectivity index (χ0n) is 18.3. The van der Waals surface area contributed by atoms with Crippen LogP contribution in [-0.2, 0) is 9.59 Å². The Morgan fingerprint density at radius 2 is 1.73 bits per heavy atom. The second-order valence-corrected chi connectivity index (χ2v) is 8.98. The van der Waals surface area contributed by atoms with Crippen LogP contribution in [0.1, 0.15) is 38.9 Å². The van der Waals surface area contributed by atoms with Crippen molar-refractivity contribution in [3.8, 4) is 0 Å². The van der Waals surface area contributed by atoms with Crippen molar-refractivity contribution in [1.29, 1.82) is 0 Å². The minimum absolute atomic E-state index is 0.192. The average Bonchev–Trinajstić information content (AvgIpc) is 3.51. The second kappa shape index (κ2) is 7.04. The number of Topliss-reactive ketones (excluding diaryl/α,β-unsaturated/α-hetero) is 1. The first-order valence-corrected chi connectivity index (χ1v) is 11.0. The van der Waals surface area contributed by atoms with Crippen LogP contribution in [0.15, 0.2) is 71.5 Å². The number of fused-ring (bicyclic) bond motifs is 5. The van der Waals surface area contributed by atoms with Crippen LogP contribution in [0.25, 0.3) is 6.08 Å². The van der Waals surface area contributed by atoms with E-state index in [2.05, 4.69) is 0 Å². The van der Waals surface area contributed by atoms with Gasteiger partial charge in [-0.25, -0.2) is 4.90 Å². The molecule has 0 unspecified atom stereocenters. The molecule has 4 atom stereocenters. The number of rotatable bonds is 3. The van der Waals surface area contributed by atoms with E-state index in [9.17, 15) is 14.4 Å². The van der Waals surface area contributed by atoms with Crippen molar-refractivity contribution in [2.24, 2.45) is 11.8 Å². The van der Waals surface area contributed by atoms with E-state index in [1.165, 1.54) is 11.2 Å². The van der Waals surface area contributed by atoms with Gasteiger partial charge in [-0.3, -0.25) is 14.4 Å². The summed E-state index contributed by atoms with van der Waals surface area (Å²) in [7, 11) is 0. The molecule has 2 fully saturated rings. The van der Waals surface area contributed by atoms with Crippen LogP contribution in [0.2, 0.25) is 0 Å². The Morgan fingerprint density at radius 1 is 0.939 bits per heavy atom. The van der Waals surface area contributed by atoms with Gasteiger partial charge in [-0.15, -0.1) is 0 Å². The van der Waals surface area contributed by atoms with Crippen LogP contribution < -0.4 is 4.90 Å². The summed E-state index contributed by atoms with van der Waals surface area (Å²) < 4.78 is 5.40. The van der Waals surface area contributed by atoms with E-state index in [4.69, 9.17) is 4.42 Å². The van der Waals surface area contributed by atoms with Crippen molar-refractivity contribution in [1.82, 2.24) is 4.90 Å². The first-order chi connectivity index (χ1) is 16.0. The van der Waals surface area contributed by atoms with Crippen LogP contribution in [-0.4, -0.2) is 28.5 Å². The number of imide groups is 1. The first kappa shape index (κ1) is 19.7. The fourth-order valence-electron chi connectivity index (χ4n) is 5.72. The quantitative estimate of drug-likeness (QED) is 0.451. The summed E-state index contributed by atoms with van der Waals surface area (Å²) in [5.41, 5.74) is 4.44. The molecule has 0 N–H and O–H groups in total.